The number of benzene rings is 9. The van der Waals surface area contributed by atoms with Gasteiger partial charge in [0.2, 0.25) is 0 Å². The van der Waals surface area contributed by atoms with Crippen molar-refractivity contribution in [2.24, 2.45) is 0 Å². The monoisotopic (exact) mass is 726 g/mol. The predicted octanol–water partition coefficient (Wildman–Crippen LogP) is 12.8. The Kier molecular flexibility index (Phi) is 6.04. The number of rotatable bonds is 3. The van der Waals surface area contributed by atoms with E-state index in [0.717, 1.165) is 87.5 Å². The number of fused-ring (bicyclic) bond motifs is 10. The number of furan rings is 1. The first-order chi connectivity index (χ1) is 28.3. The highest BCUT2D eigenvalue weighted by molar-refractivity contribution is 6.20. The van der Waals surface area contributed by atoms with Crippen molar-refractivity contribution in [3.8, 4) is 22.8 Å². The number of aromatic nitrogens is 4. The molecule has 0 saturated carbocycles. The van der Waals surface area contributed by atoms with Crippen LogP contribution in [0, 0.1) is 0 Å². The maximum atomic E-state index is 6.92. The lowest BCUT2D eigenvalue weighted by molar-refractivity contribution is 0.520. The topological polar surface area (TPSA) is 56.7 Å². The van der Waals surface area contributed by atoms with Crippen LogP contribution in [0.25, 0.3) is 98.8 Å². The van der Waals surface area contributed by atoms with Crippen LogP contribution in [-0.4, -0.2) is 19.5 Å². The molecule has 5 nitrogen and oxygen atoms in total. The molecule has 0 N–H and O–H groups in total. The Balaban J connectivity index is 1.35. The van der Waals surface area contributed by atoms with Crippen LogP contribution in [0.2, 0.25) is 0 Å². The molecule has 0 radical (unpaired) electrons. The Hall–Kier alpha value is -7.63. The van der Waals surface area contributed by atoms with Gasteiger partial charge in [-0.1, -0.05) is 152 Å². The molecule has 13 rings (SSSR count). The van der Waals surface area contributed by atoms with Gasteiger partial charge in [0.1, 0.15) is 11.2 Å². The van der Waals surface area contributed by atoms with Gasteiger partial charge in [0.25, 0.3) is 0 Å². The molecule has 1 unspecified atom stereocenters. The minimum Gasteiger partial charge on any atom is -0.456 e. The Morgan fingerprint density at radius 3 is 1.88 bits per heavy atom. The maximum absolute atomic E-state index is 6.92. The van der Waals surface area contributed by atoms with Crippen molar-refractivity contribution >= 4 is 76.1 Å². The highest BCUT2D eigenvalue weighted by atomic mass is 16.3. The van der Waals surface area contributed by atoms with Gasteiger partial charge >= 0.3 is 0 Å². The largest absolute Gasteiger partial charge is 0.456 e. The molecule has 57 heavy (non-hydrogen) atoms. The summed E-state index contributed by atoms with van der Waals surface area (Å²) in [6.45, 7) is 0. The van der Waals surface area contributed by atoms with Crippen LogP contribution in [0.5, 0.6) is 0 Å². The summed E-state index contributed by atoms with van der Waals surface area (Å²) in [5.41, 5.74) is 6.63. The van der Waals surface area contributed by atoms with Gasteiger partial charge in [0, 0.05) is 38.2 Å². The average Bonchev–Trinajstić information content (AvgIpc) is 3.80. The van der Waals surface area contributed by atoms with Crippen LogP contribution in [0.3, 0.4) is 0 Å². The number of para-hydroxylation sites is 1. The molecule has 1 aliphatic rings. The minimum absolute atomic E-state index is 0.613. The van der Waals surface area contributed by atoms with Gasteiger partial charge in [-0.3, -0.25) is 0 Å². The van der Waals surface area contributed by atoms with Crippen molar-refractivity contribution in [2.75, 3.05) is 0 Å². The first-order valence-corrected chi connectivity index (χ1v) is 19.4. The fourth-order valence-electron chi connectivity index (χ4n) is 9.83. The second kappa shape index (κ2) is 11.2. The summed E-state index contributed by atoms with van der Waals surface area (Å²) >= 11 is 0. The van der Waals surface area contributed by atoms with E-state index in [-0.39, 0.29) is 0 Å². The molecule has 0 fully saturated rings. The van der Waals surface area contributed by atoms with Crippen LogP contribution >= 0.6 is 0 Å². The summed E-state index contributed by atoms with van der Waals surface area (Å²) in [5.74, 6) is 1.87. The number of hydrogen-bond acceptors (Lipinski definition) is 4. The molecule has 5 heteroatoms. The molecule has 1 aliphatic heterocycles. The second-order valence-corrected chi connectivity index (χ2v) is 15.1. The molecule has 0 spiro atoms. The first-order valence-electron chi connectivity index (χ1n) is 19.4. The standard InChI is InChI=1S/C52H30N4O/c1-2-19-35(20-3-1)52(56-42-26-11-10-23-38(42)41-28-32-15-4-5-16-33(32)29-43(41)56)48-37-22-9-7-17-34(37)30-45-47(48)46-40(25-13-27-44(46)57-45)50-53-49(54-51(52)55-50)39-24-12-18-31-14-6-8-21-36(31)39/h1-30H. The fraction of sp³-hybridized carbons (Fsp3) is 0.0192. The summed E-state index contributed by atoms with van der Waals surface area (Å²) in [7, 11) is 0. The van der Waals surface area contributed by atoms with E-state index >= 15 is 0 Å². The van der Waals surface area contributed by atoms with Crippen molar-refractivity contribution in [3.63, 3.8) is 0 Å². The first kappa shape index (κ1) is 30.7. The van der Waals surface area contributed by atoms with Crippen LogP contribution in [0.15, 0.2) is 186 Å². The van der Waals surface area contributed by atoms with Gasteiger partial charge in [-0.25, -0.2) is 15.0 Å². The molecule has 1 atom stereocenters. The zero-order chi connectivity index (χ0) is 37.2. The zero-order valence-corrected chi connectivity index (χ0v) is 30.5. The summed E-state index contributed by atoms with van der Waals surface area (Å²) in [6, 6.07) is 64.9. The Morgan fingerprint density at radius 1 is 0.404 bits per heavy atom. The summed E-state index contributed by atoms with van der Waals surface area (Å²) in [6.07, 6.45) is 0. The third-order valence-electron chi connectivity index (χ3n) is 12.2. The summed E-state index contributed by atoms with van der Waals surface area (Å²) in [5, 5.41) is 11.1. The molecule has 9 aromatic carbocycles. The van der Waals surface area contributed by atoms with Crippen LogP contribution in [0.1, 0.15) is 17.0 Å². The lowest BCUT2D eigenvalue weighted by Crippen LogP contribution is -2.40. The van der Waals surface area contributed by atoms with Crippen LogP contribution in [0.4, 0.5) is 0 Å². The third-order valence-corrected chi connectivity index (χ3v) is 12.2. The van der Waals surface area contributed by atoms with Gasteiger partial charge in [-0.2, -0.15) is 0 Å². The molecule has 0 aliphatic carbocycles. The van der Waals surface area contributed by atoms with E-state index in [1.807, 2.05) is 6.07 Å². The second-order valence-electron chi connectivity index (χ2n) is 15.1. The number of hydrogen-bond donors (Lipinski definition) is 0. The van der Waals surface area contributed by atoms with Crippen LogP contribution < -0.4 is 0 Å². The molecule has 3 aromatic heterocycles. The minimum atomic E-state index is -1.13. The lowest BCUT2D eigenvalue weighted by Gasteiger charge is -2.39. The van der Waals surface area contributed by atoms with Gasteiger partial charge in [0.15, 0.2) is 23.0 Å². The van der Waals surface area contributed by atoms with E-state index in [1.54, 1.807) is 0 Å². The zero-order valence-electron chi connectivity index (χ0n) is 30.5. The maximum Gasteiger partial charge on any atom is 0.168 e. The molecule has 0 saturated heterocycles. The molecule has 4 heterocycles. The van der Waals surface area contributed by atoms with Gasteiger partial charge in [0.05, 0.1) is 11.0 Å². The Bertz CT molecular complexity index is 3650. The molecular formula is C52H30N4O. The molecular weight excluding hydrogens is 697 g/mol. The van der Waals surface area contributed by atoms with E-state index < -0.39 is 5.54 Å². The summed E-state index contributed by atoms with van der Waals surface area (Å²) < 4.78 is 9.44. The van der Waals surface area contributed by atoms with Gasteiger partial charge in [-0.15, -0.1) is 0 Å². The molecule has 2 bridgehead atoms. The Labute approximate surface area is 326 Å². The van der Waals surface area contributed by atoms with Crippen molar-refractivity contribution in [3.05, 3.63) is 199 Å². The van der Waals surface area contributed by atoms with E-state index in [0.29, 0.717) is 17.5 Å². The molecule has 12 aromatic rings. The van der Waals surface area contributed by atoms with E-state index in [2.05, 4.69) is 180 Å². The SMILES string of the molecule is c1ccc(C2(n3c4ccccc4c4cc5ccccc5cc43)c3nc(-c4cccc5ccccc45)nc(n3)-c3cccc4oc5cc6ccccc6c2c5c34)cc1. The van der Waals surface area contributed by atoms with E-state index in [9.17, 15) is 0 Å². The van der Waals surface area contributed by atoms with Crippen molar-refractivity contribution in [1.29, 1.82) is 0 Å². The lowest BCUT2D eigenvalue weighted by atomic mass is 9.75. The summed E-state index contributed by atoms with van der Waals surface area (Å²) in [4.78, 5) is 16.8. The van der Waals surface area contributed by atoms with E-state index in [1.165, 1.54) is 10.8 Å². The molecule has 0 amide bonds. The highest BCUT2D eigenvalue weighted by Gasteiger charge is 2.48. The van der Waals surface area contributed by atoms with Gasteiger partial charge in [-0.05, 0) is 68.2 Å². The Morgan fingerprint density at radius 2 is 1.04 bits per heavy atom. The van der Waals surface area contributed by atoms with Crippen LogP contribution in [-0.2, 0) is 5.54 Å². The average molecular weight is 727 g/mol. The smallest absolute Gasteiger partial charge is 0.168 e. The van der Waals surface area contributed by atoms with E-state index in [4.69, 9.17) is 19.4 Å². The quantitative estimate of drug-likeness (QED) is 0.182. The fourth-order valence-corrected chi connectivity index (χ4v) is 9.83. The normalized spacial score (nSPS) is 15.1. The van der Waals surface area contributed by atoms with Gasteiger partial charge < -0.3 is 8.98 Å². The van der Waals surface area contributed by atoms with Crippen molar-refractivity contribution in [2.45, 2.75) is 5.54 Å². The predicted molar refractivity (Wildman–Crippen MR) is 232 cm³/mol. The molecule has 264 valence electrons. The van der Waals surface area contributed by atoms with Crippen molar-refractivity contribution < 1.29 is 4.42 Å². The number of nitrogens with zero attached hydrogens (tertiary/aromatic N) is 4. The highest BCUT2D eigenvalue weighted by Crippen LogP contribution is 2.54. The third kappa shape index (κ3) is 4.04. The van der Waals surface area contributed by atoms with Crippen molar-refractivity contribution in [1.82, 2.24) is 19.5 Å².